The van der Waals surface area contributed by atoms with Crippen molar-refractivity contribution < 1.29 is 58.5 Å². The second-order valence-electron chi connectivity index (χ2n) is 11.9. The highest BCUT2D eigenvalue weighted by atomic mass is 32.1. The molecule has 0 aliphatic carbocycles. The van der Waals surface area contributed by atoms with Gasteiger partial charge in [-0.25, -0.2) is 4.79 Å². The van der Waals surface area contributed by atoms with Gasteiger partial charge in [-0.15, -0.1) is 0 Å². The Kier molecular flexibility index (Phi) is 16.8. The van der Waals surface area contributed by atoms with Gasteiger partial charge in [0.05, 0.1) is 12.8 Å². The van der Waals surface area contributed by atoms with Crippen LogP contribution in [0.25, 0.3) is 0 Å². The first-order valence-electron chi connectivity index (χ1n) is 15.4. The molecule has 48 heavy (non-hydrogen) atoms. The quantitative estimate of drug-likeness (QED) is 0.0667. The van der Waals surface area contributed by atoms with E-state index < -0.39 is 114 Å². The summed E-state index contributed by atoms with van der Waals surface area (Å²) in [5.41, 5.74) is 0. The molecule has 0 radical (unpaired) electrons. The van der Waals surface area contributed by atoms with Crippen LogP contribution in [-0.4, -0.2) is 122 Å². The molecule has 0 aromatic heterocycles. The number of hydrogen-bond donors (Lipinski definition) is 9. The Balaban J connectivity index is 3.23. The number of nitrogens with zero attached hydrogens (tertiary/aromatic N) is 1. The van der Waals surface area contributed by atoms with Gasteiger partial charge in [-0.3, -0.25) is 38.4 Å². The fourth-order valence-electron chi connectivity index (χ4n) is 4.93. The molecule has 0 spiro atoms. The lowest BCUT2D eigenvalue weighted by molar-refractivity contribution is -0.145. The smallest absolute Gasteiger partial charge is 0.327 e. The van der Waals surface area contributed by atoms with Crippen LogP contribution in [0.5, 0.6) is 0 Å². The first kappa shape index (κ1) is 41.6. The Bertz CT molecular complexity index is 1230. The Labute approximate surface area is 282 Å². The van der Waals surface area contributed by atoms with Crippen LogP contribution in [0, 0.1) is 11.8 Å². The molecule has 1 saturated heterocycles. The zero-order valence-corrected chi connectivity index (χ0v) is 28.4. The van der Waals surface area contributed by atoms with Gasteiger partial charge >= 0.3 is 17.9 Å². The molecule has 7 atom stereocenters. The number of hydrogen-bond acceptors (Lipinski definition) is 10. The fourth-order valence-corrected chi connectivity index (χ4v) is 5.18. The number of likely N-dealkylation sites (tertiary alicyclic amines) is 1. The Morgan fingerprint density at radius 2 is 1.27 bits per heavy atom. The van der Waals surface area contributed by atoms with Crippen LogP contribution in [0.4, 0.5) is 0 Å². The lowest BCUT2D eigenvalue weighted by atomic mass is 9.95. The van der Waals surface area contributed by atoms with Crippen molar-refractivity contribution in [3.63, 3.8) is 0 Å². The maximum absolute atomic E-state index is 13.7. The topological polar surface area (TPSA) is 278 Å². The van der Waals surface area contributed by atoms with E-state index >= 15 is 0 Å². The van der Waals surface area contributed by atoms with Crippen molar-refractivity contribution in [2.75, 3.05) is 12.3 Å². The Morgan fingerprint density at radius 3 is 1.73 bits per heavy atom. The zero-order chi connectivity index (χ0) is 36.9. The Morgan fingerprint density at radius 1 is 0.750 bits per heavy atom. The molecule has 1 heterocycles. The number of amides is 6. The summed E-state index contributed by atoms with van der Waals surface area (Å²) < 4.78 is 0. The molecule has 1 rings (SSSR count). The van der Waals surface area contributed by atoms with Crippen molar-refractivity contribution in [2.24, 2.45) is 11.8 Å². The van der Waals surface area contributed by atoms with Crippen molar-refractivity contribution >= 4 is 66.0 Å². The summed E-state index contributed by atoms with van der Waals surface area (Å²) in [5, 5.41) is 39.5. The van der Waals surface area contributed by atoms with Crippen LogP contribution in [-0.2, 0) is 43.2 Å². The highest BCUT2D eigenvalue weighted by molar-refractivity contribution is 7.80. The molecular weight excluding hydrogens is 656 g/mol. The molecule has 8 N–H and O–H groups in total. The van der Waals surface area contributed by atoms with Crippen molar-refractivity contribution in [3.8, 4) is 0 Å². The van der Waals surface area contributed by atoms with Crippen LogP contribution in [0.2, 0.25) is 0 Å². The summed E-state index contributed by atoms with van der Waals surface area (Å²) in [5.74, 6) is -10.6. The van der Waals surface area contributed by atoms with Crippen LogP contribution in [0.3, 0.4) is 0 Å². The third-order valence-corrected chi connectivity index (χ3v) is 8.11. The number of nitrogens with one attached hydrogen (secondary N) is 5. The number of carbonyl (C=O) groups excluding carboxylic acids is 6. The molecule has 1 fully saturated rings. The van der Waals surface area contributed by atoms with Gasteiger partial charge in [-0.2, -0.15) is 12.6 Å². The summed E-state index contributed by atoms with van der Waals surface area (Å²) in [4.78, 5) is 113. The first-order chi connectivity index (χ1) is 22.3. The molecule has 0 aromatic carbocycles. The maximum Gasteiger partial charge on any atom is 0.327 e. The van der Waals surface area contributed by atoms with Crippen molar-refractivity contribution in [1.82, 2.24) is 31.5 Å². The number of rotatable bonds is 19. The third kappa shape index (κ3) is 12.6. The van der Waals surface area contributed by atoms with Crippen LogP contribution in [0.1, 0.15) is 66.7 Å². The van der Waals surface area contributed by atoms with E-state index in [-0.39, 0.29) is 18.7 Å². The summed E-state index contributed by atoms with van der Waals surface area (Å²) in [6.45, 7) is 7.82. The minimum Gasteiger partial charge on any atom is -0.481 e. The standard InChI is InChI=1S/C29H46N6O12S/c1-6-14(4)23(34-25(42)17(11-21(39)40)31-24(41)16(10-20(37)38)30-15(5)36)27(44)33-22(13(2)3)28(45)35-9-7-8-19(35)26(43)32-18(12-48)29(46)47/h13-14,16-19,22-23,48H,6-12H2,1-5H3,(H,30,36)(H,31,41)(H,32,43)(H,33,44)(H,34,42)(H,37,38)(H,39,40)(H,46,47)/t14-,16-,17-,18-,19-,22-,23-/m0/s1. The van der Waals surface area contributed by atoms with E-state index in [1.165, 1.54) is 4.90 Å². The molecule has 0 saturated carbocycles. The van der Waals surface area contributed by atoms with Gasteiger partial charge in [0.25, 0.3) is 0 Å². The van der Waals surface area contributed by atoms with E-state index in [2.05, 4.69) is 39.2 Å². The van der Waals surface area contributed by atoms with Gasteiger partial charge < -0.3 is 46.8 Å². The number of thiol groups is 1. The highest BCUT2D eigenvalue weighted by Gasteiger charge is 2.41. The van der Waals surface area contributed by atoms with Crippen molar-refractivity contribution in [3.05, 3.63) is 0 Å². The second kappa shape index (κ2) is 19.4. The molecule has 0 aromatic rings. The lowest BCUT2D eigenvalue weighted by Crippen LogP contribution is -2.61. The van der Waals surface area contributed by atoms with E-state index in [0.29, 0.717) is 12.8 Å². The SMILES string of the molecule is CC[C@H](C)[C@H](NC(=O)[C@H](CC(=O)O)NC(=O)[C@H](CC(=O)O)NC(C)=O)C(=O)N[C@H](C(=O)N1CCC[C@H]1C(=O)N[C@@H](CS)C(=O)O)C(C)C. The monoisotopic (exact) mass is 702 g/mol. The molecule has 0 unspecified atom stereocenters. The summed E-state index contributed by atoms with van der Waals surface area (Å²) in [6.07, 6.45) is -0.772. The molecular formula is C29H46N6O12S. The van der Waals surface area contributed by atoms with E-state index in [4.69, 9.17) is 5.11 Å². The summed E-state index contributed by atoms with van der Waals surface area (Å²) in [7, 11) is 0. The van der Waals surface area contributed by atoms with E-state index in [9.17, 15) is 53.4 Å². The van der Waals surface area contributed by atoms with Crippen LogP contribution >= 0.6 is 12.6 Å². The van der Waals surface area contributed by atoms with Crippen molar-refractivity contribution in [2.45, 2.75) is 103 Å². The average molecular weight is 703 g/mol. The van der Waals surface area contributed by atoms with Gasteiger partial charge in [-0.05, 0) is 24.7 Å². The molecule has 19 heteroatoms. The van der Waals surface area contributed by atoms with Gasteiger partial charge in [0, 0.05) is 19.2 Å². The second-order valence-corrected chi connectivity index (χ2v) is 12.2. The van der Waals surface area contributed by atoms with E-state index in [1.807, 2.05) is 0 Å². The molecule has 0 bridgehead atoms. The maximum atomic E-state index is 13.7. The molecule has 270 valence electrons. The third-order valence-electron chi connectivity index (χ3n) is 7.74. The van der Waals surface area contributed by atoms with Crippen molar-refractivity contribution in [1.29, 1.82) is 0 Å². The predicted octanol–water partition coefficient (Wildman–Crippen LogP) is -1.91. The van der Waals surface area contributed by atoms with Gasteiger partial charge in [0.15, 0.2) is 0 Å². The number of carboxylic acid groups (broad SMARTS) is 3. The Hall–Kier alpha value is -4.42. The molecule has 6 amide bonds. The minimum absolute atomic E-state index is 0.165. The predicted molar refractivity (Wildman–Crippen MR) is 170 cm³/mol. The summed E-state index contributed by atoms with van der Waals surface area (Å²) >= 11 is 3.94. The number of aliphatic carboxylic acids is 3. The highest BCUT2D eigenvalue weighted by Crippen LogP contribution is 2.21. The lowest BCUT2D eigenvalue weighted by Gasteiger charge is -2.33. The zero-order valence-electron chi connectivity index (χ0n) is 27.5. The molecule has 1 aliphatic heterocycles. The van der Waals surface area contributed by atoms with Crippen LogP contribution in [0.15, 0.2) is 0 Å². The number of carbonyl (C=O) groups is 9. The van der Waals surface area contributed by atoms with Gasteiger partial charge in [-0.1, -0.05) is 34.1 Å². The average Bonchev–Trinajstić information content (AvgIpc) is 3.48. The van der Waals surface area contributed by atoms with E-state index in [1.54, 1.807) is 27.7 Å². The molecule has 1 aliphatic rings. The fraction of sp³-hybridized carbons (Fsp3) is 0.690. The van der Waals surface area contributed by atoms with Gasteiger partial charge in [0.2, 0.25) is 35.4 Å². The first-order valence-corrected chi connectivity index (χ1v) is 16.0. The normalized spacial score (nSPS) is 17.9. The van der Waals surface area contributed by atoms with E-state index in [0.717, 1.165) is 6.92 Å². The van der Waals surface area contributed by atoms with Crippen LogP contribution < -0.4 is 26.6 Å². The molecule has 18 nitrogen and oxygen atoms in total. The van der Waals surface area contributed by atoms with Gasteiger partial charge in [0.1, 0.15) is 36.3 Å². The summed E-state index contributed by atoms with van der Waals surface area (Å²) in [6, 6.07) is -8.19. The largest absolute Gasteiger partial charge is 0.481 e. The minimum atomic E-state index is -1.78. The number of carboxylic acids is 3.